The van der Waals surface area contributed by atoms with Gasteiger partial charge in [-0.1, -0.05) is 35.6 Å². The first-order valence-corrected chi connectivity index (χ1v) is 9.24. The molecule has 2 aromatic heterocycles. The molecule has 0 aliphatic carbocycles. The highest BCUT2D eigenvalue weighted by Crippen LogP contribution is 2.39. The summed E-state index contributed by atoms with van der Waals surface area (Å²) in [4.78, 5) is 34.2. The maximum atomic E-state index is 13.2. The van der Waals surface area contributed by atoms with Crippen molar-refractivity contribution < 1.29 is 19.7 Å². The number of H-pyrrole nitrogens is 1. The van der Waals surface area contributed by atoms with Crippen LogP contribution in [0.5, 0.6) is 0 Å². The third-order valence-electron chi connectivity index (χ3n) is 4.99. The number of hydrogen-bond donors (Lipinski definition) is 0. The molecule has 6 nitrogen and oxygen atoms in total. The Bertz CT molecular complexity index is 1080. The van der Waals surface area contributed by atoms with Crippen LogP contribution in [0.1, 0.15) is 28.3 Å². The van der Waals surface area contributed by atoms with Gasteiger partial charge in [0.2, 0.25) is 5.78 Å². The molecule has 0 spiro atoms. The SMILES string of the molecule is Cc1ccc(C([O-])=C2C(=O)C(=O)N(Cc3ccc[nH+]c3)C2c2ccncc2)cc1. The molecule has 1 aromatic carbocycles. The number of aromatic amines is 1. The quantitative estimate of drug-likeness (QED) is 0.388. The van der Waals surface area contributed by atoms with Crippen molar-refractivity contribution in [3.63, 3.8) is 0 Å². The van der Waals surface area contributed by atoms with Crippen molar-refractivity contribution >= 4 is 17.4 Å². The van der Waals surface area contributed by atoms with Gasteiger partial charge in [-0.2, -0.15) is 0 Å². The van der Waals surface area contributed by atoms with Gasteiger partial charge >= 0.3 is 0 Å². The van der Waals surface area contributed by atoms with Crippen molar-refractivity contribution in [3.8, 4) is 0 Å². The molecule has 144 valence electrons. The number of likely N-dealkylation sites (tertiary alicyclic amines) is 1. The molecule has 1 unspecified atom stereocenters. The lowest BCUT2D eigenvalue weighted by Crippen LogP contribution is -2.29. The normalized spacial score (nSPS) is 18.2. The number of pyridine rings is 2. The maximum Gasteiger partial charge on any atom is 0.295 e. The number of carbonyl (C=O) groups is 2. The minimum Gasteiger partial charge on any atom is -0.872 e. The van der Waals surface area contributed by atoms with Crippen molar-refractivity contribution in [2.45, 2.75) is 19.5 Å². The number of aromatic nitrogens is 2. The lowest BCUT2D eigenvalue weighted by atomic mass is 9.95. The summed E-state index contributed by atoms with van der Waals surface area (Å²) in [6, 6.07) is 13.4. The molecule has 1 N–H and O–H groups in total. The van der Waals surface area contributed by atoms with E-state index in [4.69, 9.17) is 0 Å². The summed E-state index contributed by atoms with van der Waals surface area (Å²) in [5.41, 5.74) is 2.88. The monoisotopic (exact) mass is 385 g/mol. The van der Waals surface area contributed by atoms with Crippen LogP contribution in [0.4, 0.5) is 0 Å². The van der Waals surface area contributed by atoms with Crippen LogP contribution in [-0.2, 0) is 16.1 Å². The number of benzene rings is 1. The van der Waals surface area contributed by atoms with Gasteiger partial charge in [0.05, 0.1) is 12.6 Å². The highest BCUT2D eigenvalue weighted by Gasteiger charge is 2.44. The first-order chi connectivity index (χ1) is 14.1. The van der Waals surface area contributed by atoms with Crippen molar-refractivity contribution in [3.05, 3.63) is 101 Å². The van der Waals surface area contributed by atoms with Gasteiger partial charge in [0.1, 0.15) is 0 Å². The molecule has 1 saturated heterocycles. The number of ketones is 1. The van der Waals surface area contributed by atoms with Crippen LogP contribution in [-0.4, -0.2) is 21.6 Å². The fraction of sp³-hybridized carbons (Fsp3) is 0.130. The molecular weight excluding hydrogens is 366 g/mol. The summed E-state index contributed by atoms with van der Waals surface area (Å²) in [6.07, 6.45) is 6.70. The Kier molecular flexibility index (Phi) is 4.91. The summed E-state index contributed by atoms with van der Waals surface area (Å²) >= 11 is 0. The van der Waals surface area contributed by atoms with E-state index in [0.717, 1.165) is 11.1 Å². The van der Waals surface area contributed by atoms with Gasteiger partial charge in [0, 0.05) is 29.6 Å². The average Bonchev–Trinajstić information content (AvgIpc) is 3.00. The first-order valence-electron chi connectivity index (χ1n) is 9.24. The predicted molar refractivity (Wildman–Crippen MR) is 104 cm³/mol. The van der Waals surface area contributed by atoms with Crippen molar-refractivity contribution in [2.75, 3.05) is 0 Å². The van der Waals surface area contributed by atoms with Crippen LogP contribution in [0.15, 0.2) is 78.9 Å². The number of Topliss-reactive ketones (excluding diaryl/α,β-unsaturated/α-hetero) is 1. The third kappa shape index (κ3) is 3.52. The minimum atomic E-state index is -0.757. The van der Waals surface area contributed by atoms with E-state index in [1.807, 2.05) is 31.2 Å². The van der Waals surface area contributed by atoms with Gasteiger partial charge in [-0.3, -0.25) is 14.6 Å². The molecule has 0 bridgehead atoms. The van der Waals surface area contributed by atoms with E-state index < -0.39 is 23.5 Å². The molecule has 1 aliphatic heterocycles. The van der Waals surface area contributed by atoms with Crippen LogP contribution in [0.3, 0.4) is 0 Å². The summed E-state index contributed by atoms with van der Waals surface area (Å²) < 4.78 is 0. The van der Waals surface area contributed by atoms with Crippen molar-refractivity contribution in [1.29, 1.82) is 0 Å². The standard InChI is InChI=1S/C23H19N3O3/c1-15-4-6-18(7-5-15)21(27)19-20(17-8-11-24-12-9-17)26(23(29)22(19)28)14-16-3-2-10-25-13-16/h2-13,20,27H,14H2,1H3. The zero-order chi connectivity index (χ0) is 20.4. The zero-order valence-electron chi connectivity index (χ0n) is 15.8. The highest BCUT2D eigenvalue weighted by atomic mass is 16.3. The molecule has 29 heavy (non-hydrogen) atoms. The minimum absolute atomic E-state index is 0.0232. The molecule has 1 atom stereocenters. The van der Waals surface area contributed by atoms with E-state index in [1.165, 1.54) is 4.90 Å². The third-order valence-corrected chi connectivity index (χ3v) is 4.99. The van der Waals surface area contributed by atoms with Gasteiger partial charge in [-0.05, 0) is 36.2 Å². The van der Waals surface area contributed by atoms with Gasteiger partial charge < -0.3 is 10.0 Å². The Hall–Kier alpha value is -3.80. The second-order valence-electron chi connectivity index (χ2n) is 6.97. The lowest BCUT2D eigenvalue weighted by molar-refractivity contribution is -0.378. The molecule has 6 heteroatoms. The van der Waals surface area contributed by atoms with Crippen molar-refractivity contribution in [1.82, 2.24) is 9.88 Å². The van der Waals surface area contributed by atoms with E-state index >= 15 is 0 Å². The largest absolute Gasteiger partial charge is 0.872 e. The Balaban J connectivity index is 1.85. The van der Waals surface area contributed by atoms with E-state index in [-0.39, 0.29) is 12.1 Å². The molecule has 4 rings (SSSR count). The van der Waals surface area contributed by atoms with Gasteiger partial charge in [-0.25, -0.2) is 4.98 Å². The van der Waals surface area contributed by atoms with Crippen LogP contribution in [0.25, 0.3) is 5.76 Å². The van der Waals surface area contributed by atoms with Crippen LogP contribution in [0, 0.1) is 6.92 Å². The number of carbonyl (C=O) groups excluding carboxylic acids is 2. The molecule has 1 amide bonds. The second kappa shape index (κ2) is 7.67. The number of nitrogens with one attached hydrogen (secondary N) is 1. The molecule has 1 fully saturated rings. The van der Waals surface area contributed by atoms with E-state index in [1.54, 1.807) is 49.1 Å². The van der Waals surface area contributed by atoms with Gasteiger partial charge in [-0.15, -0.1) is 0 Å². The highest BCUT2D eigenvalue weighted by molar-refractivity contribution is 6.46. The number of amides is 1. The molecular formula is C23H19N3O3. The lowest BCUT2D eigenvalue weighted by Gasteiger charge is -2.27. The van der Waals surface area contributed by atoms with Crippen LogP contribution >= 0.6 is 0 Å². The Morgan fingerprint density at radius 1 is 1.10 bits per heavy atom. The summed E-state index contributed by atoms with van der Waals surface area (Å²) in [5, 5.41) is 13.2. The topological polar surface area (TPSA) is 87.5 Å². The van der Waals surface area contributed by atoms with Crippen LogP contribution < -0.4 is 10.1 Å². The summed E-state index contributed by atoms with van der Waals surface area (Å²) in [5.74, 6) is -1.85. The second-order valence-corrected chi connectivity index (χ2v) is 6.97. The number of aryl methyl sites for hydroxylation is 1. The molecule has 1 aliphatic rings. The van der Waals surface area contributed by atoms with E-state index in [2.05, 4.69) is 9.97 Å². The Morgan fingerprint density at radius 2 is 1.83 bits per heavy atom. The summed E-state index contributed by atoms with van der Waals surface area (Å²) in [6.45, 7) is 2.13. The maximum absolute atomic E-state index is 13.2. The number of rotatable bonds is 4. The fourth-order valence-electron chi connectivity index (χ4n) is 3.51. The Labute approximate surface area is 168 Å². The van der Waals surface area contributed by atoms with Gasteiger partial charge in [0.25, 0.3) is 5.91 Å². The first kappa shape index (κ1) is 18.6. The molecule has 3 heterocycles. The average molecular weight is 385 g/mol. The molecule has 3 aromatic rings. The fourth-order valence-corrected chi connectivity index (χ4v) is 3.51. The zero-order valence-corrected chi connectivity index (χ0v) is 15.8. The smallest absolute Gasteiger partial charge is 0.295 e. The Morgan fingerprint density at radius 3 is 2.48 bits per heavy atom. The van der Waals surface area contributed by atoms with E-state index in [9.17, 15) is 14.7 Å². The van der Waals surface area contributed by atoms with Gasteiger partial charge in [0.15, 0.2) is 12.4 Å². The number of hydrogen-bond acceptors (Lipinski definition) is 4. The number of nitrogens with zero attached hydrogens (tertiary/aromatic N) is 2. The summed E-state index contributed by atoms with van der Waals surface area (Å²) in [7, 11) is 0. The molecule has 0 saturated carbocycles. The van der Waals surface area contributed by atoms with Crippen molar-refractivity contribution in [2.24, 2.45) is 0 Å². The van der Waals surface area contributed by atoms with Crippen LogP contribution in [0.2, 0.25) is 0 Å². The van der Waals surface area contributed by atoms with E-state index in [0.29, 0.717) is 11.1 Å². The molecule has 0 radical (unpaired) electrons. The predicted octanol–water partition coefficient (Wildman–Crippen LogP) is 1.63.